The fraction of sp³-hybridized carbons (Fsp3) is 0.118. The molecule has 1 aliphatic heterocycles. The van der Waals surface area contributed by atoms with Gasteiger partial charge in [0.15, 0.2) is 11.5 Å². The first-order chi connectivity index (χ1) is 12.1. The van der Waals surface area contributed by atoms with Crippen molar-refractivity contribution in [2.75, 3.05) is 12.1 Å². The molecule has 0 saturated heterocycles. The minimum atomic E-state index is -0.390. The van der Waals surface area contributed by atoms with Gasteiger partial charge in [0.05, 0.1) is 27.9 Å². The molecule has 0 unspecified atom stereocenters. The van der Waals surface area contributed by atoms with E-state index in [2.05, 4.69) is 10.3 Å². The minimum Gasteiger partial charge on any atom is -0.454 e. The average molecular weight is 358 g/mol. The number of rotatable bonds is 3. The van der Waals surface area contributed by atoms with E-state index in [1.807, 2.05) is 6.07 Å². The predicted molar refractivity (Wildman–Crippen MR) is 92.2 cm³/mol. The number of anilines is 1. The fourth-order valence-corrected chi connectivity index (χ4v) is 2.83. The van der Waals surface area contributed by atoms with Gasteiger partial charge in [0.1, 0.15) is 6.54 Å². The van der Waals surface area contributed by atoms with E-state index in [0.717, 1.165) is 0 Å². The number of para-hydroxylation sites is 2. The normalized spacial score (nSPS) is 12.4. The summed E-state index contributed by atoms with van der Waals surface area (Å²) < 4.78 is 11.9. The Labute approximate surface area is 146 Å². The highest BCUT2D eigenvalue weighted by atomic mass is 35.5. The molecule has 0 fully saturated rings. The summed E-state index contributed by atoms with van der Waals surface area (Å²) in [5.74, 6) is 0.643. The van der Waals surface area contributed by atoms with Crippen molar-refractivity contribution in [2.24, 2.45) is 0 Å². The largest absolute Gasteiger partial charge is 0.454 e. The monoisotopic (exact) mass is 357 g/mol. The lowest BCUT2D eigenvalue weighted by molar-refractivity contribution is -0.116. The SMILES string of the molecule is O=C(Cn1c(=O)cnc2ccccc21)Nc1cc2c(cc1Cl)OCO2. The molecule has 0 bridgehead atoms. The van der Waals surface area contributed by atoms with E-state index >= 15 is 0 Å². The van der Waals surface area contributed by atoms with Gasteiger partial charge in [-0.15, -0.1) is 0 Å². The van der Waals surface area contributed by atoms with Gasteiger partial charge in [0.2, 0.25) is 12.7 Å². The number of hydrogen-bond acceptors (Lipinski definition) is 5. The van der Waals surface area contributed by atoms with Crippen LogP contribution in [0.25, 0.3) is 11.0 Å². The van der Waals surface area contributed by atoms with E-state index in [1.165, 1.54) is 10.8 Å². The van der Waals surface area contributed by atoms with Crippen molar-refractivity contribution in [1.29, 1.82) is 0 Å². The van der Waals surface area contributed by atoms with Crippen LogP contribution in [0.1, 0.15) is 0 Å². The van der Waals surface area contributed by atoms with Crippen LogP contribution in [0.15, 0.2) is 47.4 Å². The van der Waals surface area contributed by atoms with Crippen LogP contribution in [-0.4, -0.2) is 22.3 Å². The third-order valence-electron chi connectivity index (χ3n) is 3.79. The number of halogens is 1. The quantitative estimate of drug-likeness (QED) is 0.778. The summed E-state index contributed by atoms with van der Waals surface area (Å²) >= 11 is 6.15. The maximum Gasteiger partial charge on any atom is 0.269 e. The van der Waals surface area contributed by atoms with Gasteiger partial charge in [-0.2, -0.15) is 0 Å². The van der Waals surface area contributed by atoms with E-state index in [9.17, 15) is 9.59 Å². The first-order valence-corrected chi connectivity index (χ1v) is 7.83. The third kappa shape index (κ3) is 2.89. The molecule has 4 rings (SSSR count). The molecule has 0 saturated carbocycles. The van der Waals surface area contributed by atoms with Crippen molar-refractivity contribution in [3.05, 3.63) is 58.0 Å². The number of aromatic nitrogens is 2. The van der Waals surface area contributed by atoms with E-state index in [-0.39, 0.29) is 24.8 Å². The Hall–Kier alpha value is -3.06. The number of benzene rings is 2. The van der Waals surface area contributed by atoms with Crippen molar-refractivity contribution in [3.63, 3.8) is 0 Å². The lowest BCUT2D eigenvalue weighted by Crippen LogP contribution is -2.28. The van der Waals surface area contributed by atoms with Gasteiger partial charge < -0.3 is 14.8 Å². The molecule has 1 aliphatic rings. The van der Waals surface area contributed by atoms with E-state index in [1.54, 1.807) is 30.3 Å². The predicted octanol–water partition coefficient (Wildman–Crippen LogP) is 2.42. The number of ether oxygens (including phenoxy) is 2. The van der Waals surface area contributed by atoms with Gasteiger partial charge >= 0.3 is 0 Å². The van der Waals surface area contributed by atoms with Gasteiger partial charge in [-0.05, 0) is 12.1 Å². The first kappa shape index (κ1) is 15.5. The first-order valence-electron chi connectivity index (χ1n) is 7.45. The summed E-state index contributed by atoms with van der Waals surface area (Å²) in [5, 5.41) is 3.02. The van der Waals surface area contributed by atoms with Crippen molar-refractivity contribution in [1.82, 2.24) is 9.55 Å². The lowest BCUT2D eigenvalue weighted by Gasteiger charge is -2.11. The number of carbonyl (C=O) groups excluding carboxylic acids is 1. The van der Waals surface area contributed by atoms with Crippen LogP contribution < -0.4 is 20.3 Å². The van der Waals surface area contributed by atoms with Gasteiger partial charge in [-0.25, -0.2) is 4.98 Å². The van der Waals surface area contributed by atoms with Crippen LogP contribution in [0.5, 0.6) is 11.5 Å². The summed E-state index contributed by atoms with van der Waals surface area (Å²) in [6, 6.07) is 10.3. The number of hydrogen-bond donors (Lipinski definition) is 1. The fourth-order valence-electron chi connectivity index (χ4n) is 2.62. The molecule has 1 aromatic heterocycles. The Bertz CT molecular complexity index is 1050. The molecule has 0 radical (unpaired) electrons. The van der Waals surface area contributed by atoms with Crippen molar-refractivity contribution in [3.8, 4) is 11.5 Å². The summed E-state index contributed by atoms with van der Waals surface area (Å²) in [7, 11) is 0. The molecule has 0 aliphatic carbocycles. The maximum absolute atomic E-state index is 12.4. The average Bonchev–Trinajstić information content (AvgIpc) is 3.05. The Morgan fingerprint density at radius 3 is 2.84 bits per heavy atom. The summed E-state index contributed by atoms with van der Waals surface area (Å²) in [6.45, 7) is -0.0475. The number of amides is 1. The van der Waals surface area contributed by atoms with Crippen LogP contribution in [-0.2, 0) is 11.3 Å². The molecular formula is C17H12ClN3O4. The van der Waals surface area contributed by atoms with Gasteiger partial charge in [-0.1, -0.05) is 23.7 Å². The van der Waals surface area contributed by atoms with E-state index < -0.39 is 0 Å². The lowest BCUT2D eigenvalue weighted by atomic mass is 10.2. The number of nitrogens with zero attached hydrogens (tertiary/aromatic N) is 2. The standard InChI is InChI=1S/C17H12ClN3O4/c18-10-5-14-15(25-9-24-14)6-12(10)20-16(22)8-21-13-4-2-1-3-11(13)19-7-17(21)23/h1-7H,8-9H2,(H,20,22). The molecule has 3 aromatic rings. The topological polar surface area (TPSA) is 82.5 Å². The third-order valence-corrected chi connectivity index (χ3v) is 4.10. The maximum atomic E-state index is 12.4. The van der Waals surface area contributed by atoms with Crippen LogP contribution in [0.2, 0.25) is 5.02 Å². The highest BCUT2D eigenvalue weighted by molar-refractivity contribution is 6.34. The van der Waals surface area contributed by atoms with Gasteiger partial charge in [0.25, 0.3) is 5.56 Å². The molecule has 2 aromatic carbocycles. The molecule has 126 valence electrons. The molecule has 8 heteroatoms. The molecule has 25 heavy (non-hydrogen) atoms. The Kier molecular flexibility index (Phi) is 3.77. The smallest absolute Gasteiger partial charge is 0.269 e. The van der Waals surface area contributed by atoms with Crippen molar-refractivity contribution >= 4 is 34.2 Å². The summed E-state index contributed by atoms with van der Waals surface area (Å²) in [6.07, 6.45) is 1.20. The summed E-state index contributed by atoms with van der Waals surface area (Å²) in [5.41, 5.74) is 1.26. The minimum absolute atomic E-state index is 0.113. The molecule has 1 N–H and O–H groups in total. The van der Waals surface area contributed by atoms with Gasteiger partial charge in [0, 0.05) is 12.1 Å². The van der Waals surface area contributed by atoms with Crippen LogP contribution >= 0.6 is 11.6 Å². The van der Waals surface area contributed by atoms with E-state index in [4.69, 9.17) is 21.1 Å². The second-order valence-corrected chi connectivity index (χ2v) is 5.81. The molecular weight excluding hydrogens is 346 g/mol. The number of carbonyl (C=O) groups is 1. The molecule has 2 heterocycles. The number of nitrogens with one attached hydrogen (secondary N) is 1. The zero-order chi connectivity index (χ0) is 17.4. The molecule has 1 amide bonds. The van der Waals surface area contributed by atoms with Crippen LogP contribution in [0.3, 0.4) is 0 Å². The molecule has 0 spiro atoms. The highest BCUT2D eigenvalue weighted by Gasteiger charge is 2.18. The number of fused-ring (bicyclic) bond motifs is 2. The highest BCUT2D eigenvalue weighted by Crippen LogP contribution is 2.39. The van der Waals surface area contributed by atoms with Crippen LogP contribution in [0, 0.1) is 0 Å². The second-order valence-electron chi connectivity index (χ2n) is 5.40. The zero-order valence-corrected chi connectivity index (χ0v) is 13.6. The van der Waals surface area contributed by atoms with E-state index in [0.29, 0.717) is 33.2 Å². The van der Waals surface area contributed by atoms with Crippen LogP contribution in [0.4, 0.5) is 5.69 Å². The molecule has 7 nitrogen and oxygen atoms in total. The molecule has 0 atom stereocenters. The summed E-state index contributed by atoms with van der Waals surface area (Å²) in [4.78, 5) is 28.6. The Morgan fingerprint density at radius 1 is 1.24 bits per heavy atom. The zero-order valence-electron chi connectivity index (χ0n) is 12.9. The second kappa shape index (κ2) is 6.10. The van der Waals surface area contributed by atoms with Gasteiger partial charge in [-0.3, -0.25) is 14.2 Å². The Balaban J connectivity index is 1.62. The van der Waals surface area contributed by atoms with Crippen molar-refractivity contribution < 1.29 is 14.3 Å². The Morgan fingerprint density at radius 2 is 2.00 bits per heavy atom. The van der Waals surface area contributed by atoms with Crippen molar-refractivity contribution in [2.45, 2.75) is 6.54 Å².